The summed E-state index contributed by atoms with van der Waals surface area (Å²) in [5.74, 6) is 0. The van der Waals surface area contributed by atoms with Crippen molar-refractivity contribution in [3.05, 3.63) is 84.9 Å². The molecule has 0 aromatic heterocycles. The third kappa shape index (κ3) is 2.16. The maximum absolute atomic E-state index is 7.06. The van der Waals surface area contributed by atoms with Crippen LogP contribution >= 0.6 is 0 Å². The molecule has 0 bridgehead atoms. The Hall–Kier alpha value is -1.95. The normalized spacial score (nSPS) is 26.0. The fourth-order valence-electron chi connectivity index (χ4n) is 3.77. The van der Waals surface area contributed by atoms with Crippen molar-refractivity contribution in [2.24, 2.45) is 0 Å². The Morgan fingerprint density at radius 2 is 0.870 bits per heavy atom. The minimum absolute atomic E-state index is 1.36. The number of hydrogen-bond acceptors (Lipinski definition) is 1. The van der Waals surface area contributed by atoms with Crippen LogP contribution in [0.5, 0.6) is 0 Å². The van der Waals surface area contributed by atoms with Crippen molar-refractivity contribution in [2.45, 2.75) is 13.1 Å². The molecule has 3 aromatic carbocycles. The highest BCUT2D eigenvalue weighted by Gasteiger charge is 2.53. The van der Waals surface area contributed by atoms with Gasteiger partial charge in [0, 0.05) is 0 Å². The topological polar surface area (TPSA) is 9.23 Å². The van der Waals surface area contributed by atoms with E-state index in [1.165, 1.54) is 20.7 Å². The fraction of sp³-hybridized carbons (Fsp3) is 0.100. The Labute approximate surface area is 139 Å². The summed E-state index contributed by atoms with van der Waals surface area (Å²) in [7, 11) is -4.28. The number of fused-ring (bicyclic) bond motifs is 1. The van der Waals surface area contributed by atoms with Crippen LogP contribution in [0, 0.1) is 0 Å². The summed E-state index contributed by atoms with van der Waals surface area (Å²) in [4.78, 5) is 0. The number of hydrogen-bond donors (Lipinski definition) is 0. The van der Waals surface area contributed by atoms with Crippen molar-refractivity contribution in [3.63, 3.8) is 0 Å². The maximum Gasteiger partial charge on any atom is 0.242 e. The van der Waals surface area contributed by atoms with Gasteiger partial charge in [-0.2, -0.15) is 0 Å². The summed E-state index contributed by atoms with van der Waals surface area (Å²) >= 11 is 0. The van der Waals surface area contributed by atoms with Crippen LogP contribution in [0.25, 0.3) is 0 Å². The lowest BCUT2D eigenvalue weighted by Gasteiger charge is -2.29. The van der Waals surface area contributed by atoms with E-state index in [0.717, 1.165) is 0 Å². The largest absolute Gasteiger partial charge is 0.442 e. The molecule has 1 nitrogen and oxygen atoms in total. The SMILES string of the molecule is C[Si]1(c2ccccc2)O[Si](C)(c2ccccc2)c2ccccc21. The lowest BCUT2D eigenvalue weighted by Crippen LogP contribution is -2.58. The third-order valence-corrected chi connectivity index (χ3v) is 14.3. The van der Waals surface area contributed by atoms with Gasteiger partial charge in [-0.1, -0.05) is 84.9 Å². The molecule has 1 aliphatic heterocycles. The molecule has 23 heavy (non-hydrogen) atoms. The summed E-state index contributed by atoms with van der Waals surface area (Å²) < 4.78 is 7.06. The van der Waals surface area contributed by atoms with Crippen molar-refractivity contribution in [1.82, 2.24) is 0 Å². The second kappa shape index (κ2) is 5.30. The maximum atomic E-state index is 7.06. The Balaban J connectivity index is 1.95. The molecule has 0 amide bonds. The van der Waals surface area contributed by atoms with E-state index >= 15 is 0 Å². The second-order valence-electron chi connectivity index (χ2n) is 6.45. The van der Waals surface area contributed by atoms with Crippen LogP contribution in [0.15, 0.2) is 84.9 Å². The average molecular weight is 333 g/mol. The molecule has 0 aliphatic carbocycles. The first-order chi connectivity index (χ1) is 11.1. The van der Waals surface area contributed by atoms with Gasteiger partial charge in [0.15, 0.2) is 0 Å². The number of benzene rings is 3. The van der Waals surface area contributed by atoms with Crippen molar-refractivity contribution in [2.75, 3.05) is 0 Å². The van der Waals surface area contributed by atoms with Crippen LogP contribution in [-0.4, -0.2) is 16.6 Å². The Bertz CT molecular complexity index is 764. The molecule has 1 heterocycles. The van der Waals surface area contributed by atoms with E-state index in [4.69, 9.17) is 4.12 Å². The van der Waals surface area contributed by atoms with Crippen LogP contribution in [0.2, 0.25) is 13.1 Å². The molecule has 0 radical (unpaired) electrons. The van der Waals surface area contributed by atoms with Gasteiger partial charge in [0.05, 0.1) is 0 Å². The van der Waals surface area contributed by atoms with E-state index in [1.54, 1.807) is 0 Å². The molecular weight excluding hydrogens is 312 g/mol. The van der Waals surface area contributed by atoms with Crippen molar-refractivity contribution in [3.8, 4) is 0 Å². The van der Waals surface area contributed by atoms with Crippen LogP contribution < -0.4 is 20.7 Å². The summed E-state index contributed by atoms with van der Waals surface area (Å²) in [5, 5.41) is 5.62. The average Bonchev–Trinajstić information content (AvgIpc) is 2.87. The van der Waals surface area contributed by atoms with Crippen LogP contribution in [0.4, 0.5) is 0 Å². The molecular formula is C20H20OSi2. The molecule has 3 heteroatoms. The summed E-state index contributed by atoms with van der Waals surface area (Å²) in [6.45, 7) is 4.70. The highest BCUT2D eigenvalue weighted by Crippen LogP contribution is 2.22. The first-order valence-corrected chi connectivity index (χ1v) is 12.9. The molecule has 0 fully saturated rings. The molecule has 0 N–H and O–H groups in total. The summed E-state index contributed by atoms with van der Waals surface area (Å²) in [5.41, 5.74) is 0. The lowest BCUT2D eigenvalue weighted by molar-refractivity contribution is 0.596. The zero-order valence-corrected chi connectivity index (χ0v) is 15.5. The number of rotatable bonds is 2. The summed E-state index contributed by atoms with van der Waals surface area (Å²) in [6.07, 6.45) is 0. The van der Waals surface area contributed by atoms with E-state index < -0.39 is 16.6 Å². The standard InChI is InChI=1S/C20H20OSi2/c1-22(17-11-5-3-6-12-17)19-15-9-10-16-20(19)23(2,21-22)18-13-7-4-8-14-18/h3-16H,1-2H3. The highest BCUT2D eigenvalue weighted by atomic mass is 28.4. The molecule has 2 unspecified atom stereocenters. The Morgan fingerprint density at radius 1 is 0.522 bits per heavy atom. The molecule has 0 saturated carbocycles. The van der Waals surface area contributed by atoms with Gasteiger partial charge in [-0.25, -0.2) is 0 Å². The Kier molecular flexibility index (Phi) is 3.37. The third-order valence-electron chi connectivity index (χ3n) is 5.01. The Morgan fingerprint density at radius 3 is 1.26 bits per heavy atom. The monoisotopic (exact) mass is 332 g/mol. The van der Waals surface area contributed by atoms with Crippen LogP contribution in [0.1, 0.15) is 0 Å². The fourth-order valence-corrected chi connectivity index (χ4v) is 14.6. The van der Waals surface area contributed by atoms with Gasteiger partial charge in [-0.3, -0.25) is 0 Å². The van der Waals surface area contributed by atoms with Gasteiger partial charge in [0.25, 0.3) is 0 Å². The smallest absolute Gasteiger partial charge is 0.242 e. The van der Waals surface area contributed by atoms with E-state index in [2.05, 4.69) is 98.0 Å². The summed E-state index contributed by atoms with van der Waals surface area (Å²) in [6, 6.07) is 30.5. The van der Waals surface area contributed by atoms with Crippen molar-refractivity contribution < 1.29 is 4.12 Å². The highest BCUT2D eigenvalue weighted by molar-refractivity contribution is 7.15. The van der Waals surface area contributed by atoms with Gasteiger partial charge in [-0.15, -0.1) is 0 Å². The van der Waals surface area contributed by atoms with E-state index in [0.29, 0.717) is 0 Å². The van der Waals surface area contributed by atoms with Gasteiger partial charge in [0.2, 0.25) is 16.6 Å². The molecule has 0 spiro atoms. The molecule has 3 aromatic rings. The minimum atomic E-state index is -2.14. The van der Waals surface area contributed by atoms with Crippen LogP contribution in [-0.2, 0) is 4.12 Å². The van der Waals surface area contributed by atoms with Crippen molar-refractivity contribution in [1.29, 1.82) is 0 Å². The lowest BCUT2D eigenvalue weighted by atomic mass is 10.3. The second-order valence-corrected chi connectivity index (χ2v) is 13.6. The van der Waals surface area contributed by atoms with Crippen molar-refractivity contribution >= 4 is 37.4 Å². The molecule has 114 valence electrons. The zero-order valence-electron chi connectivity index (χ0n) is 13.5. The van der Waals surface area contributed by atoms with Gasteiger partial charge < -0.3 is 4.12 Å². The first-order valence-electron chi connectivity index (χ1n) is 8.06. The molecule has 4 rings (SSSR count). The predicted molar refractivity (Wildman–Crippen MR) is 102 cm³/mol. The molecule has 1 aliphatic rings. The predicted octanol–water partition coefficient (Wildman–Crippen LogP) is 2.10. The first kappa shape index (κ1) is 14.6. The minimum Gasteiger partial charge on any atom is -0.442 e. The quantitative estimate of drug-likeness (QED) is 0.653. The molecule has 2 atom stereocenters. The van der Waals surface area contributed by atoms with Crippen LogP contribution in [0.3, 0.4) is 0 Å². The van der Waals surface area contributed by atoms with E-state index in [9.17, 15) is 0 Å². The zero-order chi connectivity index (χ0) is 15.9. The van der Waals surface area contributed by atoms with E-state index in [-0.39, 0.29) is 0 Å². The van der Waals surface area contributed by atoms with E-state index in [1.807, 2.05) is 0 Å². The van der Waals surface area contributed by atoms with Gasteiger partial charge in [-0.05, 0) is 33.8 Å². The van der Waals surface area contributed by atoms with Gasteiger partial charge >= 0.3 is 0 Å². The van der Waals surface area contributed by atoms with Gasteiger partial charge in [0.1, 0.15) is 0 Å². The molecule has 0 saturated heterocycles.